The van der Waals surface area contributed by atoms with Crippen LogP contribution < -0.4 is 10.6 Å². The highest BCUT2D eigenvalue weighted by Gasteiger charge is 2.39. The lowest BCUT2D eigenvalue weighted by Crippen LogP contribution is -2.38. The maximum atomic E-state index is 13.4. The van der Waals surface area contributed by atoms with Gasteiger partial charge in [0.15, 0.2) is 15.7 Å². The van der Waals surface area contributed by atoms with Crippen LogP contribution in [0.4, 0.5) is 16.3 Å². The molecule has 37 heavy (non-hydrogen) atoms. The number of amides is 1. The van der Waals surface area contributed by atoms with Crippen molar-refractivity contribution in [3.63, 3.8) is 0 Å². The number of aromatic nitrogens is 3. The quantitative estimate of drug-likeness (QED) is 0.333. The molecular formula is C26H33N5O4S2. The zero-order valence-corrected chi connectivity index (χ0v) is 22.9. The van der Waals surface area contributed by atoms with Gasteiger partial charge in [0.1, 0.15) is 0 Å². The smallest absolute Gasteiger partial charge is 0.407 e. The molecule has 0 radical (unpaired) electrons. The average molecular weight is 544 g/mol. The molecule has 2 saturated carbocycles. The van der Waals surface area contributed by atoms with Crippen molar-refractivity contribution >= 4 is 38.8 Å². The van der Waals surface area contributed by atoms with Crippen molar-refractivity contribution in [1.29, 1.82) is 0 Å². The number of ether oxygens (including phenoxy) is 1. The fraction of sp³-hybridized carbons (Fsp3) is 0.500. The molecular weight excluding hydrogens is 510 g/mol. The minimum absolute atomic E-state index is 0.107. The van der Waals surface area contributed by atoms with E-state index in [9.17, 15) is 13.2 Å². The van der Waals surface area contributed by atoms with Crippen molar-refractivity contribution in [3.05, 3.63) is 41.2 Å². The topological polar surface area (TPSA) is 126 Å². The van der Waals surface area contributed by atoms with E-state index in [0.29, 0.717) is 40.7 Å². The summed E-state index contributed by atoms with van der Waals surface area (Å²) in [5, 5.41) is 13.9. The second-order valence-corrected chi connectivity index (χ2v) is 13.5. The number of thiazole rings is 1. The van der Waals surface area contributed by atoms with E-state index in [4.69, 9.17) is 9.72 Å². The number of H-pyrrole nitrogens is 1. The summed E-state index contributed by atoms with van der Waals surface area (Å²) in [6, 6.07) is 7.46. The highest BCUT2D eigenvalue weighted by molar-refractivity contribution is 7.92. The molecule has 0 spiro atoms. The van der Waals surface area contributed by atoms with Crippen LogP contribution in [0.2, 0.25) is 0 Å². The molecule has 2 aliphatic rings. The Morgan fingerprint density at radius 2 is 1.89 bits per heavy atom. The number of aryl methyl sites for hydroxylation is 1. The predicted molar refractivity (Wildman–Crippen MR) is 144 cm³/mol. The van der Waals surface area contributed by atoms with E-state index < -0.39 is 9.84 Å². The first-order chi connectivity index (χ1) is 17.7. The number of anilines is 2. The number of hydrogen-bond acceptors (Lipinski definition) is 8. The normalized spacial score (nSPS) is 20.1. The van der Waals surface area contributed by atoms with Crippen molar-refractivity contribution in [2.75, 3.05) is 5.32 Å². The molecule has 198 valence electrons. The van der Waals surface area contributed by atoms with Crippen molar-refractivity contribution < 1.29 is 17.9 Å². The highest BCUT2D eigenvalue weighted by atomic mass is 32.2. The Hall–Kier alpha value is -2.92. The van der Waals surface area contributed by atoms with Crippen molar-refractivity contribution in [2.45, 2.75) is 87.5 Å². The maximum Gasteiger partial charge on any atom is 0.407 e. The number of benzene rings is 1. The van der Waals surface area contributed by atoms with Crippen molar-refractivity contribution in [3.8, 4) is 10.4 Å². The fourth-order valence-corrected chi connectivity index (χ4v) is 7.81. The fourth-order valence-electron chi connectivity index (χ4n) is 4.73. The largest absolute Gasteiger partial charge is 0.447 e. The summed E-state index contributed by atoms with van der Waals surface area (Å²) < 4.78 is 32.0. The number of nitrogens with zero attached hydrogens (tertiary/aromatic N) is 2. The van der Waals surface area contributed by atoms with Gasteiger partial charge in [0, 0.05) is 41.2 Å². The van der Waals surface area contributed by atoms with Gasteiger partial charge in [-0.15, -0.1) is 11.3 Å². The molecule has 11 heteroatoms. The average Bonchev–Trinajstić information content (AvgIpc) is 3.48. The minimum Gasteiger partial charge on any atom is -0.447 e. The van der Waals surface area contributed by atoms with Crippen LogP contribution in [0.1, 0.15) is 69.0 Å². The van der Waals surface area contributed by atoms with Gasteiger partial charge in [0.05, 0.1) is 26.1 Å². The second-order valence-electron chi connectivity index (χ2n) is 10.2. The zero-order valence-electron chi connectivity index (χ0n) is 21.3. The molecule has 1 aromatic carbocycles. The summed E-state index contributed by atoms with van der Waals surface area (Å²) in [4.78, 5) is 17.8. The molecule has 1 amide bonds. The van der Waals surface area contributed by atoms with Crippen LogP contribution in [0.3, 0.4) is 0 Å². The SMILES string of the molecule is Cc1cc(Nc2ccc(-c3cnc(C4CCC(NC(=O)OC(C)C)CC4)s3)c(S(=O)(=O)C3CC3)c2)n[nH]1. The van der Waals surface area contributed by atoms with Crippen LogP contribution in [-0.4, -0.2) is 47.1 Å². The molecule has 0 bridgehead atoms. The van der Waals surface area contributed by atoms with Crippen LogP contribution in [0.25, 0.3) is 10.4 Å². The number of hydrogen-bond donors (Lipinski definition) is 3. The molecule has 3 N–H and O–H groups in total. The molecule has 0 atom stereocenters. The van der Waals surface area contributed by atoms with Gasteiger partial charge in [0.2, 0.25) is 0 Å². The molecule has 2 heterocycles. The summed E-state index contributed by atoms with van der Waals surface area (Å²) in [6.07, 6.45) is 6.26. The van der Waals surface area contributed by atoms with Gasteiger partial charge in [-0.3, -0.25) is 5.10 Å². The van der Waals surface area contributed by atoms with Gasteiger partial charge in [-0.05, 0) is 71.4 Å². The third kappa shape index (κ3) is 5.98. The molecule has 5 rings (SSSR count). The van der Waals surface area contributed by atoms with Crippen molar-refractivity contribution in [2.24, 2.45) is 0 Å². The van der Waals surface area contributed by atoms with E-state index in [1.54, 1.807) is 23.6 Å². The first-order valence-electron chi connectivity index (χ1n) is 12.8. The number of carbonyl (C=O) groups excluding carboxylic acids is 1. The monoisotopic (exact) mass is 543 g/mol. The van der Waals surface area contributed by atoms with Crippen LogP contribution >= 0.6 is 11.3 Å². The van der Waals surface area contributed by atoms with E-state index in [0.717, 1.165) is 41.3 Å². The Bertz CT molecular complexity index is 1370. The second kappa shape index (κ2) is 10.4. The minimum atomic E-state index is -3.44. The number of carbonyl (C=O) groups is 1. The Morgan fingerprint density at radius 3 is 2.54 bits per heavy atom. The number of rotatable bonds is 8. The lowest BCUT2D eigenvalue weighted by Gasteiger charge is -2.28. The molecule has 2 fully saturated rings. The van der Waals surface area contributed by atoms with Crippen LogP contribution in [0.5, 0.6) is 0 Å². The van der Waals surface area contributed by atoms with Gasteiger partial charge in [-0.2, -0.15) is 5.10 Å². The van der Waals surface area contributed by atoms with Gasteiger partial charge in [0.25, 0.3) is 0 Å². The molecule has 0 saturated heterocycles. The Kier molecular flexibility index (Phi) is 7.26. The van der Waals surface area contributed by atoms with Crippen LogP contribution in [0.15, 0.2) is 35.4 Å². The number of sulfone groups is 1. The maximum absolute atomic E-state index is 13.4. The van der Waals surface area contributed by atoms with E-state index in [2.05, 4.69) is 20.8 Å². The van der Waals surface area contributed by atoms with E-state index in [1.807, 2.05) is 39.0 Å². The number of nitrogens with one attached hydrogen (secondary N) is 3. The van der Waals surface area contributed by atoms with Gasteiger partial charge in [-0.25, -0.2) is 18.2 Å². The summed E-state index contributed by atoms with van der Waals surface area (Å²) in [7, 11) is -3.44. The van der Waals surface area contributed by atoms with Gasteiger partial charge < -0.3 is 15.4 Å². The zero-order chi connectivity index (χ0) is 26.2. The van der Waals surface area contributed by atoms with Crippen LogP contribution in [-0.2, 0) is 14.6 Å². The van der Waals surface area contributed by atoms with Crippen molar-refractivity contribution in [1.82, 2.24) is 20.5 Å². The number of aromatic amines is 1. The molecule has 9 nitrogen and oxygen atoms in total. The Balaban J connectivity index is 1.33. The lowest BCUT2D eigenvalue weighted by molar-refractivity contribution is 0.109. The first-order valence-corrected chi connectivity index (χ1v) is 15.2. The Labute approximate surface area is 221 Å². The highest BCUT2D eigenvalue weighted by Crippen LogP contribution is 2.43. The van der Waals surface area contributed by atoms with E-state index in [1.165, 1.54) is 0 Å². The van der Waals surface area contributed by atoms with E-state index >= 15 is 0 Å². The number of alkyl carbamates (subject to hydrolysis) is 1. The van der Waals surface area contributed by atoms with Gasteiger partial charge >= 0.3 is 6.09 Å². The molecule has 2 aromatic heterocycles. The first kappa shape index (κ1) is 25.7. The van der Waals surface area contributed by atoms with Gasteiger partial charge in [-0.1, -0.05) is 6.07 Å². The standard InChI is InChI=1S/C26H33N5O4S2/c1-15(2)35-26(32)29-18-6-4-17(5-7-18)25-27-14-22(36-25)21-11-8-19(28-24-12-16(3)30-31-24)13-23(21)37(33,34)20-9-10-20/h8,11-15,17-18,20H,4-7,9-10H2,1-3H3,(H,29,32)(H2,28,30,31). The Morgan fingerprint density at radius 1 is 1.14 bits per heavy atom. The predicted octanol–water partition coefficient (Wildman–Crippen LogP) is 5.68. The van der Waals surface area contributed by atoms with Crippen LogP contribution in [0, 0.1) is 6.92 Å². The lowest BCUT2D eigenvalue weighted by atomic mass is 9.86. The summed E-state index contributed by atoms with van der Waals surface area (Å²) >= 11 is 1.57. The summed E-state index contributed by atoms with van der Waals surface area (Å²) in [5.41, 5.74) is 2.30. The molecule has 2 aliphatic carbocycles. The molecule has 3 aromatic rings. The van der Waals surface area contributed by atoms with E-state index in [-0.39, 0.29) is 23.5 Å². The summed E-state index contributed by atoms with van der Waals surface area (Å²) in [5.74, 6) is 0.938. The summed E-state index contributed by atoms with van der Waals surface area (Å²) in [6.45, 7) is 5.58. The third-order valence-electron chi connectivity index (χ3n) is 6.76. The molecule has 0 unspecified atom stereocenters. The molecule has 0 aliphatic heterocycles. The third-order valence-corrected chi connectivity index (χ3v) is 10.3.